The SMILES string of the molecule is COC(=O)c1ncsc1S(=O)(=O)NC(c1c(F)cccc1F)C(F)(F)F. The van der Waals surface area contributed by atoms with Crippen molar-refractivity contribution in [1.29, 1.82) is 0 Å². The van der Waals surface area contributed by atoms with Crippen molar-refractivity contribution in [2.24, 2.45) is 0 Å². The quantitative estimate of drug-likeness (QED) is 0.599. The molecular formula is C13H9F5N2O4S2. The van der Waals surface area contributed by atoms with Crippen LogP contribution in [0.2, 0.25) is 0 Å². The average molecular weight is 416 g/mol. The number of hydrogen-bond donors (Lipinski definition) is 1. The van der Waals surface area contributed by atoms with Crippen molar-refractivity contribution in [1.82, 2.24) is 9.71 Å². The largest absolute Gasteiger partial charge is 0.464 e. The van der Waals surface area contributed by atoms with Crippen LogP contribution in [-0.2, 0) is 14.8 Å². The van der Waals surface area contributed by atoms with Crippen LogP contribution >= 0.6 is 11.3 Å². The van der Waals surface area contributed by atoms with E-state index in [4.69, 9.17) is 0 Å². The van der Waals surface area contributed by atoms with Gasteiger partial charge in [-0.05, 0) is 12.1 Å². The van der Waals surface area contributed by atoms with E-state index in [0.29, 0.717) is 23.5 Å². The summed E-state index contributed by atoms with van der Waals surface area (Å²) in [6.45, 7) is 0. The van der Waals surface area contributed by atoms with Crippen molar-refractivity contribution in [3.05, 3.63) is 46.6 Å². The van der Waals surface area contributed by atoms with Crippen molar-refractivity contribution in [3.63, 3.8) is 0 Å². The van der Waals surface area contributed by atoms with Crippen molar-refractivity contribution in [2.45, 2.75) is 16.4 Å². The molecule has 1 heterocycles. The number of nitrogens with zero attached hydrogens (tertiary/aromatic N) is 1. The Labute approximate surface area is 147 Å². The summed E-state index contributed by atoms with van der Waals surface area (Å²) in [7, 11) is -4.10. The van der Waals surface area contributed by atoms with Gasteiger partial charge in [0.15, 0.2) is 9.90 Å². The van der Waals surface area contributed by atoms with Crippen LogP contribution in [0.4, 0.5) is 22.0 Å². The summed E-state index contributed by atoms with van der Waals surface area (Å²) in [5, 5.41) is 0. The molecule has 26 heavy (non-hydrogen) atoms. The third-order valence-electron chi connectivity index (χ3n) is 3.05. The molecule has 0 amide bonds. The molecule has 0 saturated carbocycles. The van der Waals surface area contributed by atoms with Gasteiger partial charge >= 0.3 is 12.1 Å². The summed E-state index contributed by atoms with van der Waals surface area (Å²) in [6, 6.07) is -1.29. The second kappa shape index (κ2) is 7.25. The van der Waals surface area contributed by atoms with Crippen LogP contribution in [0.5, 0.6) is 0 Å². The number of thiazole rings is 1. The van der Waals surface area contributed by atoms with Gasteiger partial charge in [-0.2, -0.15) is 17.9 Å². The van der Waals surface area contributed by atoms with Crippen molar-refractivity contribution in [2.75, 3.05) is 7.11 Å². The number of benzene rings is 1. The monoisotopic (exact) mass is 416 g/mol. The number of nitrogens with one attached hydrogen (secondary N) is 1. The van der Waals surface area contributed by atoms with Crippen LogP contribution in [0.25, 0.3) is 0 Å². The molecule has 0 aliphatic heterocycles. The number of sulfonamides is 1. The van der Waals surface area contributed by atoms with Gasteiger partial charge in [0.1, 0.15) is 17.7 Å². The third-order valence-corrected chi connectivity index (χ3v) is 5.84. The molecule has 1 N–H and O–H groups in total. The molecular weight excluding hydrogens is 407 g/mol. The number of rotatable bonds is 5. The first kappa shape index (κ1) is 20.2. The van der Waals surface area contributed by atoms with E-state index in [1.165, 1.54) is 4.72 Å². The first-order valence-electron chi connectivity index (χ1n) is 6.53. The van der Waals surface area contributed by atoms with E-state index in [9.17, 15) is 35.2 Å². The predicted octanol–water partition coefficient (Wildman–Crippen LogP) is 2.79. The van der Waals surface area contributed by atoms with Crippen LogP contribution in [0.15, 0.2) is 27.9 Å². The molecule has 1 atom stereocenters. The lowest BCUT2D eigenvalue weighted by atomic mass is 10.1. The van der Waals surface area contributed by atoms with Gasteiger partial charge in [-0.15, -0.1) is 11.3 Å². The first-order chi connectivity index (χ1) is 12.0. The third kappa shape index (κ3) is 3.99. The maximum absolute atomic E-state index is 13.8. The molecule has 0 aliphatic carbocycles. The molecule has 142 valence electrons. The van der Waals surface area contributed by atoms with E-state index in [1.807, 2.05) is 0 Å². The number of hydrogen-bond acceptors (Lipinski definition) is 6. The number of halogens is 5. The van der Waals surface area contributed by atoms with Crippen molar-refractivity contribution < 1.29 is 39.9 Å². The summed E-state index contributed by atoms with van der Waals surface area (Å²) in [5.74, 6) is -4.38. The second-order valence-corrected chi connectivity index (χ2v) is 7.48. The Balaban J connectivity index is 2.54. The molecule has 0 aliphatic rings. The van der Waals surface area contributed by atoms with Crippen LogP contribution < -0.4 is 4.72 Å². The smallest absolute Gasteiger partial charge is 0.409 e. The average Bonchev–Trinajstić information content (AvgIpc) is 3.02. The molecule has 13 heteroatoms. The van der Waals surface area contributed by atoms with E-state index >= 15 is 0 Å². The van der Waals surface area contributed by atoms with Gasteiger partial charge in [0.2, 0.25) is 0 Å². The number of esters is 1. The lowest BCUT2D eigenvalue weighted by Gasteiger charge is -2.22. The normalized spacial score (nSPS) is 13.5. The van der Waals surface area contributed by atoms with Crippen LogP contribution in [-0.4, -0.2) is 32.7 Å². The number of ether oxygens (including phenoxy) is 1. The van der Waals surface area contributed by atoms with Gasteiger partial charge in [0.25, 0.3) is 10.0 Å². The maximum Gasteiger partial charge on any atom is 0.409 e. The zero-order valence-corrected chi connectivity index (χ0v) is 14.3. The predicted molar refractivity (Wildman–Crippen MR) is 78.9 cm³/mol. The molecule has 0 saturated heterocycles. The molecule has 2 rings (SSSR count). The van der Waals surface area contributed by atoms with Crippen LogP contribution in [0.1, 0.15) is 22.1 Å². The second-order valence-electron chi connectivity index (χ2n) is 4.71. The highest BCUT2D eigenvalue weighted by Crippen LogP contribution is 2.37. The zero-order chi connectivity index (χ0) is 19.7. The van der Waals surface area contributed by atoms with Crippen LogP contribution in [0.3, 0.4) is 0 Å². The van der Waals surface area contributed by atoms with Gasteiger partial charge in [-0.3, -0.25) is 0 Å². The lowest BCUT2D eigenvalue weighted by molar-refractivity contribution is -0.154. The summed E-state index contributed by atoms with van der Waals surface area (Å²) < 4.78 is 96.6. The Hall–Kier alpha value is -2.12. The standard InChI is InChI=1S/C13H9F5N2O4S2/c1-24-11(21)9-12(25-5-19-9)26(22,23)20-10(13(16,17)18)8-6(14)3-2-4-7(8)15/h2-5,10,20H,1H3. The van der Waals surface area contributed by atoms with E-state index in [0.717, 1.165) is 18.7 Å². The molecule has 6 nitrogen and oxygen atoms in total. The first-order valence-corrected chi connectivity index (χ1v) is 8.90. The summed E-state index contributed by atoms with van der Waals surface area (Å²) in [6.07, 6.45) is -5.37. The van der Waals surface area contributed by atoms with Gasteiger partial charge < -0.3 is 4.74 Å². The molecule has 0 bridgehead atoms. The molecule has 1 aromatic heterocycles. The number of carbonyl (C=O) groups excluding carboxylic acids is 1. The fraction of sp³-hybridized carbons (Fsp3) is 0.231. The fourth-order valence-electron chi connectivity index (χ4n) is 1.94. The van der Waals surface area contributed by atoms with Gasteiger partial charge in [-0.1, -0.05) is 6.07 Å². The highest BCUT2D eigenvalue weighted by molar-refractivity contribution is 7.91. The lowest BCUT2D eigenvalue weighted by Crippen LogP contribution is -2.39. The molecule has 0 fully saturated rings. The number of aromatic nitrogens is 1. The highest BCUT2D eigenvalue weighted by Gasteiger charge is 2.47. The van der Waals surface area contributed by atoms with Crippen molar-refractivity contribution in [3.8, 4) is 0 Å². The minimum Gasteiger partial charge on any atom is -0.464 e. The number of carbonyl (C=O) groups is 1. The number of alkyl halides is 3. The van der Waals surface area contributed by atoms with Gasteiger partial charge in [0.05, 0.1) is 18.2 Å². The minimum atomic E-state index is -5.37. The van der Waals surface area contributed by atoms with Gasteiger partial charge in [-0.25, -0.2) is 27.0 Å². The minimum absolute atomic E-state index is 0.339. The summed E-state index contributed by atoms with van der Waals surface area (Å²) in [4.78, 5) is 14.9. The molecule has 0 radical (unpaired) electrons. The Kier molecular flexibility index (Phi) is 5.63. The Bertz CT molecular complexity index is 907. The topological polar surface area (TPSA) is 85.4 Å². The molecule has 1 aromatic carbocycles. The zero-order valence-electron chi connectivity index (χ0n) is 12.7. The highest BCUT2D eigenvalue weighted by atomic mass is 32.2. The molecule has 2 aromatic rings. The maximum atomic E-state index is 13.8. The Morgan fingerprint density at radius 1 is 1.27 bits per heavy atom. The number of methoxy groups -OCH3 is 1. The molecule has 1 unspecified atom stereocenters. The van der Waals surface area contributed by atoms with Gasteiger partial charge in [0, 0.05) is 0 Å². The Morgan fingerprint density at radius 3 is 2.35 bits per heavy atom. The van der Waals surface area contributed by atoms with Crippen molar-refractivity contribution >= 4 is 27.3 Å². The summed E-state index contributed by atoms with van der Waals surface area (Å²) >= 11 is 0.339. The van der Waals surface area contributed by atoms with E-state index < -0.39 is 55.3 Å². The van der Waals surface area contributed by atoms with E-state index in [2.05, 4.69) is 9.72 Å². The summed E-state index contributed by atoms with van der Waals surface area (Å²) in [5.41, 5.74) is -1.37. The molecule has 0 spiro atoms. The van der Waals surface area contributed by atoms with Crippen LogP contribution in [0, 0.1) is 11.6 Å². The van der Waals surface area contributed by atoms with E-state index in [-0.39, 0.29) is 0 Å². The Morgan fingerprint density at radius 2 is 1.85 bits per heavy atom. The van der Waals surface area contributed by atoms with E-state index in [1.54, 1.807) is 0 Å². The fourth-order valence-corrected chi connectivity index (χ4v) is 4.28.